The molecule has 1 aromatic rings. The van der Waals surface area contributed by atoms with Crippen LogP contribution < -0.4 is 15.4 Å². The molecule has 2 heterocycles. The molecule has 0 aliphatic carbocycles. The lowest BCUT2D eigenvalue weighted by molar-refractivity contribution is 0.127. The normalized spacial score (nSPS) is 19.7. The molecule has 148 valence electrons. The number of aliphatic hydroxyl groups is 1. The zero-order valence-corrected chi connectivity index (χ0v) is 18.0. The van der Waals surface area contributed by atoms with Crippen LogP contribution in [0.25, 0.3) is 0 Å². The van der Waals surface area contributed by atoms with Crippen molar-refractivity contribution in [2.24, 2.45) is 10.4 Å². The summed E-state index contributed by atoms with van der Waals surface area (Å²) in [4.78, 5) is 8.56. The summed E-state index contributed by atoms with van der Waals surface area (Å²) in [6.45, 7) is 5.72. The van der Waals surface area contributed by atoms with Gasteiger partial charge in [-0.15, -0.1) is 24.0 Å². The van der Waals surface area contributed by atoms with Gasteiger partial charge >= 0.3 is 0 Å². The fourth-order valence-electron chi connectivity index (χ4n) is 2.80. The molecule has 0 aromatic carbocycles. The van der Waals surface area contributed by atoms with E-state index in [0.717, 1.165) is 43.9 Å². The van der Waals surface area contributed by atoms with Crippen LogP contribution in [0.1, 0.15) is 31.7 Å². The van der Waals surface area contributed by atoms with Gasteiger partial charge in [-0.3, -0.25) is 4.99 Å². The third-order valence-electron chi connectivity index (χ3n) is 4.39. The Bertz CT molecular complexity index is 534. The van der Waals surface area contributed by atoms with E-state index in [9.17, 15) is 5.11 Å². The highest BCUT2D eigenvalue weighted by atomic mass is 127. The summed E-state index contributed by atoms with van der Waals surface area (Å²) in [5.41, 5.74) is 1.05. The van der Waals surface area contributed by atoms with Crippen LogP contribution in [0.2, 0.25) is 0 Å². The first-order valence-electron chi connectivity index (χ1n) is 8.92. The number of nitrogens with one attached hydrogen (secondary N) is 2. The van der Waals surface area contributed by atoms with Crippen molar-refractivity contribution in [2.75, 3.05) is 40.0 Å². The van der Waals surface area contributed by atoms with Crippen LogP contribution in [0.15, 0.2) is 23.3 Å². The van der Waals surface area contributed by atoms with E-state index in [0.29, 0.717) is 25.6 Å². The summed E-state index contributed by atoms with van der Waals surface area (Å²) in [5, 5.41) is 15.9. The van der Waals surface area contributed by atoms with E-state index in [1.54, 1.807) is 7.05 Å². The Morgan fingerprint density at radius 1 is 1.42 bits per heavy atom. The molecule has 1 unspecified atom stereocenters. The van der Waals surface area contributed by atoms with Gasteiger partial charge in [0.25, 0.3) is 0 Å². The second-order valence-corrected chi connectivity index (χ2v) is 6.41. The highest BCUT2D eigenvalue weighted by molar-refractivity contribution is 14.0. The predicted molar refractivity (Wildman–Crippen MR) is 113 cm³/mol. The van der Waals surface area contributed by atoms with Gasteiger partial charge in [-0.05, 0) is 24.8 Å². The summed E-state index contributed by atoms with van der Waals surface area (Å²) >= 11 is 0. The number of guanidine groups is 1. The molecule has 1 aliphatic rings. The third-order valence-corrected chi connectivity index (χ3v) is 4.39. The maximum atomic E-state index is 9.30. The van der Waals surface area contributed by atoms with Crippen LogP contribution in [0.5, 0.6) is 5.88 Å². The van der Waals surface area contributed by atoms with Gasteiger partial charge in [0, 0.05) is 51.0 Å². The van der Waals surface area contributed by atoms with Gasteiger partial charge in [0.2, 0.25) is 5.88 Å². The monoisotopic (exact) mass is 478 g/mol. The van der Waals surface area contributed by atoms with Crippen molar-refractivity contribution in [1.82, 2.24) is 15.6 Å². The van der Waals surface area contributed by atoms with Gasteiger partial charge in [-0.1, -0.05) is 13.0 Å². The molecule has 1 saturated heterocycles. The smallest absolute Gasteiger partial charge is 0.213 e. The maximum absolute atomic E-state index is 9.30. The van der Waals surface area contributed by atoms with Gasteiger partial charge in [-0.25, -0.2) is 4.98 Å². The molecular formula is C18H31IN4O3. The SMILES string of the molecule is CCCOc1ccc(CNC(=NC)NCC2(CCO)CCOC2)cn1.I. The van der Waals surface area contributed by atoms with Gasteiger partial charge in [0.15, 0.2) is 5.96 Å². The van der Waals surface area contributed by atoms with E-state index < -0.39 is 0 Å². The highest BCUT2D eigenvalue weighted by Gasteiger charge is 2.34. The lowest BCUT2D eigenvalue weighted by Gasteiger charge is -2.27. The molecule has 1 aliphatic heterocycles. The molecule has 1 aromatic heterocycles. The van der Waals surface area contributed by atoms with Crippen LogP contribution in [0.3, 0.4) is 0 Å². The molecule has 26 heavy (non-hydrogen) atoms. The minimum Gasteiger partial charge on any atom is -0.478 e. The Balaban J connectivity index is 0.00000338. The quantitative estimate of drug-likeness (QED) is 0.286. The number of aliphatic hydroxyl groups excluding tert-OH is 1. The number of hydrogen-bond donors (Lipinski definition) is 3. The second kappa shape index (κ2) is 12.3. The minimum absolute atomic E-state index is 0. The molecule has 7 nitrogen and oxygen atoms in total. The number of aromatic nitrogens is 1. The summed E-state index contributed by atoms with van der Waals surface area (Å²) in [7, 11) is 1.75. The molecule has 3 N–H and O–H groups in total. The number of rotatable bonds is 9. The molecule has 2 rings (SSSR count). The summed E-state index contributed by atoms with van der Waals surface area (Å²) < 4.78 is 11.0. The lowest BCUT2D eigenvalue weighted by atomic mass is 9.84. The van der Waals surface area contributed by atoms with Crippen molar-refractivity contribution < 1.29 is 14.6 Å². The Morgan fingerprint density at radius 3 is 2.85 bits per heavy atom. The lowest BCUT2D eigenvalue weighted by Crippen LogP contribution is -2.44. The molecule has 0 bridgehead atoms. The molecule has 1 fully saturated rings. The van der Waals surface area contributed by atoms with Gasteiger partial charge in [0.05, 0.1) is 13.2 Å². The van der Waals surface area contributed by atoms with E-state index in [-0.39, 0.29) is 36.0 Å². The maximum Gasteiger partial charge on any atom is 0.213 e. The highest BCUT2D eigenvalue weighted by Crippen LogP contribution is 2.31. The average molecular weight is 478 g/mol. The number of nitrogens with zero attached hydrogens (tertiary/aromatic N) is 2. The number of hydrogen-bond acceptors (Lipinski definition) is 5. The third kappa shape index (κ3) is 7.24. The number of pyridine rings is 1. The first-order chi connectivity index (χ1) is 12.2. The Kier molecular flexibility index (Phi) is 10.8. The van der Waals surface area contributed by atoms with Gasteiger partial charge < -0.3 is 25.2 Å². The largest absolute Gasteiger partial charge is 0.478 e. The second-order valence-electron chi connectivity index (χ2n) is 6.41. The number of aliphatic imine (C=N–C) groups is 1. The topological polar surface area (TPSA) is 88.0 Å². The van der Waals surface area contributed by atoms with Crippen molar-refractivity contribution in [2.45, 2.75) is 32.7 Å². The fraction of sp³-hybridized carbons (Fsp3) is 0.667. The molecular weight excluding hydrogens is 447 g/mol. The molecule has 8 heteroatoms. The molecule has 0 saturated carbocycles. The average Bonchev–Trinajstić information content (AvgIpc) is 3.10. The molecule has 0 spiro atoms. The van der Waals surface area contributed by atoms with Crippen molar-refractivity contribution >= 4 is 29.9 Å². The van der Waals surface area contributed by atoms with E-state index in [4.69, 9.17) is 9.47 Å². The van der Waals surface area contributed by atoms with E-state index in [1.165, 1.54) is 0 Å². The standard InChI is InChI=1S/C18H30N4O3.HI/c1-3-9-25-16-5-4-15(11-20-16)12-21-17(19-2)22-13-18(6-8-23)7-10-24-14-18;/h4-5,11,23H,3,6-10,12-14H2,1-2H3,(H2,19,21,22);1H. The van der Waals surface area contributed by atoms with E-state index >= 15 is 0 Å². The number of halogens is 1. The van der Waals surface area contributed by atoms with Crippen molar-refractivity contribution in [3.8, 4) is 5.88 Å². The Hall–Kier alpha value is -1.13. The first-order valence-corrected chi connectivity index (χ1v) is 8.92. The number of ether oxygens (including phenoxy) is 2. The van der Waals surface area contributed by atoms with Crippen LogP contribution in [0.4, 0.5) is 0 Å². The minimum atomic E-state index is -0.00775. The van der Waals surface area contributed by atoms with Crippen LogP contribution >= 0.6 is 24.0 Å². The fourth-order valence-corrected chi connectivity index (χ4v) is 2.80. The van der Waals surface area contributed by atoms with E-state index in [1.807, 2.05) is 18.3 Å². The van der Waals surface area contributed by atoms with E-state index in [2.05, 4.69) is 27.5 Å². The summed E-state index contributed by atoms with van der Waals surface area (Å²) in [6.07, 6.45) is 4.47. The van der Waals surface area contributed by atoms with Gasteiger partial charge in [0.1, 0.15) is 0 Å². The van der Waals surface area contributed by atoms with Crippen molar-refractivity contribution in [3.05, 3.63) is 23.9 Å². The molecule has 0 radical (unpaired) electrons. The van der Waals surface area contributed by atoms with Crippen LogP contribution in [0, 0.1) is 5.41 Å². The summed E-state index contributed by atoms with van der Waals surface area (Å²) in [6, 6.07) is 3.88. The van der Waals surface area contributed by atoms with Crippen LogP contribution in [-0.4, -0.2) is 56.1 Å². The van der Waals surface area contributed by atoms with Crippen molar-refractivity contribution in [1.29, 1.82) is 0 Å². The predicted octanol–water partition coefficient (Wildman–Crippen LogP) is 1.94. The summed E-state index contributed by atoms with van der Waals surface area (Å²) in [5.74, 6) is 1.39. The molecule has 1 atom stereocenters. The zero-order chi connectivity index (χ0) is 18.0. The molecule has 0 amide bonds. The van der Waals surface area contributed by atoms with Crippen LogP contribution in [-0.2, 0) is 11.3 Å². The van der Waals surface area contributed by atoms with Crippen molar-refractivity contribution in [3.63, 3.8) is 0 Å². The Morgan fingerprint density at radius 2 is 2.27 bits per heavy atom. The van der Waals surface area contributed by atoms with Gasteiger partial charge in [-0.2, -0.15) is 0 Å². The Labute approximate surface area is 173 Å². The zero-order valence-electron chi connectivity index (χ0n) is 15.7. The first kappa shape index (κ1) is 22.9.